The molecule has 0 unspecified atom stereocenters. The summed E-state index contributed by atoms with van der Waals surface area (Å²) in [6.45, 7) is 8.51. The summed E-state index contributed by atoms with van der Waals surface area (Å²) < 4.78 is 12.7. The number of hydrogen-bond donors (Lipinski definition) is 2. The maximum Gasteiger partial charge on any atom is 0.435 e. The second-order valence-corrected chi connectivity index (χ2v) is 13.2. The SMILES string of the molecule is CCCCCCCOC(=O)/N=C(\N)c1ccc(NCc2nc3cc(C(=O)N(CCC(=O)OCc4nc(C)c(C)nc4C)c4ccccn4)ccc3n2C)cc1. The number of pyridine rings is 1. The van der Waals surface area contributed by atoms with Gasteiger partial charge in [-0.05, 0) is 81.8 Å². The smallest absolute Gasteiger partial charge is 0.435 e. The molecule has 0 aliphatic carbocycles. The quantitative estimate of drug-likeness (QED) is 0.0438. The number of aliphatic imine (C=N–C) groups is 1. The second-order valence-electron chi connectivity index (χ2n) is 13.2. The molecule has 0 fully saturated rings. The highest BCUT2D eigenvalue weighted by atomic mass is 16.5. The Hall–Kier alpha value is -6.18. The third-order valence-corrected chi connectivity index (χ3v) is 9.20. The molecule has 5 rings (SSSR count). The van der Waals surface area contributed by atoms with E-state index in [4.69, 9.17) is 20.2 Å². The zero-order valence-corrected chi connectivity index (χ0v) is 32.2. The molecule has 14 nitrogen and oxygen atoms in total. The fraction of sp³-hybridized carbons (Fsp3) is 0.366. The number of unbranched alkanes of at least 4 members (excludes halogenated alkanes) is 4. The second kappa shape index (κ2) is 19.2. The van der Waals surface area contributed by atoms with Crippen molar-refractivity contribution in [3.05, 3.63) is 107 Å². The molecular formula is C41H49N9O5. The molecule has 5 aromatic rings. The lowest BCUT2D eigenvalue weighted by Gasteiger charge is -2.21. The molecule has 0 saturated heterocycles. The van der Waals surface area contributed by atoms with Crippen LogP contribution in [0.4, 0.5) is 16.3 Å². The molecular weight excluding hydrogens is 699 g/mol. The molecule has 0 radical (unpaired) electrons. The molecule has 0 atom stereocenters. The minimum Gasteiger partial charge on any atom is -0.459 e. The predicted molar refractivity (Wildman–Crippen MR) is 212 cm³/mol. The van der Waals surface area contributed by atoms with Crippen molar-refractivity contribution in [1.29, 1.82) is 0 Å². The Balaban J connectivity index is 1.20. The lowest BCUT2D eigenvalue weighted by Crippen LogP contribution is -2.34. The number of hydrogen-bond acceptors (Lipinski definition) is 10. The van der Waals surface area contributed by atoms with Crippen LogP contribution in [0.1, 0.15) is 90.0 Å². The Labute approximate surface area is 321 Å². The van der Waals surface area contributed by atoms with E-state index in [2.05, 4.69) is 32.2 Å². The Morgan fingerprint density at radius 1 is 0.873 bits per heavy atom. The van der Waals surface area contributed by atoms with E-state index in [0.29, 0.717) is 47.0 Å². The van der Waals surface area contributed by atoms with E-state index in [1.54, 1.807) is 48.7 Å². The number of carbonyl (C=O) groups is 3. The number of fused-ring (bicyclic) bond motifs is 1. The molecule has 0 aliphatic heterocycles. The van der Waals surface area contributed by atoms with E-state index in [1.165, 1.54) is 11.3 Å². The zero-order valence-electron chi connectivity index (χ0n) is 32.2. The molecule has 288 valence electrons. The van der Waals surface area contributed by atoms with Crippen LogP contribution >= 0.6 is 0 Å². The summed E-state index contributed by atoms with van der Waals surface area (Å²) in [6.07, 6.45) is 6.14. The summed E-state index contributed by atoms with van der Waals surface area (Å²) in [5, 5.41) is 3.36. The molecule has 14 heteroatoms. The third kappa shape index (κ3) is 10.9. The van der Waals surface area contributed by atoms with Crippen LogP contribution in [0.5, 0.6) is 0 Å². The van der Waals surface area contributed by atoms with Gasteiger partial charge in [-0.25, -0.2) is 14.8 Å². The number of esters is 1. The predicted octanol–water partition coefficient (Wildman–Crippen LogP) is 6.89. The van der Waals surface area contributed by atoms with Crippen molar-refractivity contribution >= 4 is 46.3 Å². The summed E-state index contributed by atoms with van der Waals surface area (Å²) in [5.41, 5.74) is 12.3. The van der Waals surface area contributed by atoms with Gasteiger partial charge in [-0.3, -0.25) is 24.5 Å². The number of nitrogens with two attached hydrogens (primary N) is 1. The van der Waals surface area contributed by atoms with Gasteiger partial charge in [0.2, 0.25) is 0 Å². The summed E-state index contributed by atoms with van der Waals surface area (Å²) >= 11 is 0. The number of nitrogens with one attached hydrogen (secondary N) is 1. The van der Waals surface area contributed by atoms with Crippen molar-refractivity contribution < 1.29 is 23.9 Å². The number of aryl methyl sites for hydroxylation is 4. The van der Waals surface area contributed by atoms with Gasteiger partial charge in [-0.2, -0.15) is 4.99 Å². The van der Waals surface area contributed by atoms with Crippen LogP contribution in [0.15, 0.2) is 71.9 Å². The maximum absolute atomic E-state index is 13.9. The van der Waals surface area contributed by atoms with Gasteiger partial charge in [0.05, 0.1) is 53.4 Å². The summed E-state index contributed by atoms with van der Waals surface area (Å²) in [4.78, 5) is 62.4. The molecule has 2 amide bonds. The fourth-order valence-corrected chi connectivity index (χ4v) is 5.85. The number of nitrogens with zero attached hydrogens (tertiary/aromatic N) is 7. The van der Waals surface area contributed by atoms with Gasteiger partial charge in [-0.1, -0.05) is 38.7 Å². The molecule has 3 heterocycles. The molecule has 0 saturated carbocycles. The molecule has 0 spiro atoms. The van der Waals surface area contributed by atoms with E-state index < -0.39 is 12.1 Å². The van der Waals surface area contributed by atoms with Gasteiger partial charge in [-0.15, -0.1) is 0 Å². The Kier molecular flexibility index (Phi) is 14.0. The van der Waals surface area contributed by atoms with E-state index in [1.807, 2.05) is 50.6 Å². The fourth-order valence-electron chi connectivity index (χ4n) is 5.85. The number of imidazole rings is 1. The van der Waals surface area contributed by atoms with Gasteiger partial charge in [0, 0.05) is 36.6 Å². The minimum atomic E-state index is -0.693. The van der Waals surface area contributed by atoms with Gasteiger partial charge in [0.1, 0.15) is 24.1 Å². The van der Waals surface area contributed by atoms with Crippen LogP contribution in [0.25, 0.3) is 11.0 Å². The molecule has 2 aromatic carbocycles. The lowest BCUT2D eigenvalue weighted by molar-refractivity contribution is -0.144. The van der Waals surface area contributed by atoms with E-state index in [0.717, 1.165) is 54.1 Å². The average molecular weight is 748 g/mol. The molecule has 0 bridgehead atoms. The van der Waals surface area contributed by atoms with Crippen molar-refractivity contribution in [2.24, 2.45) is 17.8 Å². The Morgan fingerprint density at radius 3 is 2.36 bits per heavy atom. The number of ether oxygens (including phenoxy) is 2. The van der Waals surface area contributed by atoms with E-state index >= 15 is 0 Å². The van der Waals surface area contributed by atoms with Crippen LogP contribution in [-0.2, 0) is 34.5 Å². The van der Waals surface area contributed by atoms with Crippen molar-refractivity contribution in [2.45, 2.75) is 79.4 Å². The number of amides is 2. The number of anilines is 2. The Bertz CT molecular complexity index is 2130. The minimum absolute atomic E-state index is 0.00395. The number of benzene rings is 2. The van der Waals surface area contributed by atoms with Gasteiger partial charge in [0.25, 0.3) is 5.91 Å². The van der Waals surface area contributed by atoms with E-state index in [-0.39, 0.29) is 31.3 Å². The summed E-state index contributed by atoms with van der Waals surface area (Å²) in [5.74, 6) is 0.446. The first-order valence-electron chi connectivity index (χ1n) is 18.5. The number of rotatable bonds is 17. The van der Waals surface area contributed by atoms with Crippen molar-refractivity contribution in [1.82, 2.24) is 24.5 Å². The first-order chi connectivity index (χ1) is 26.5. The highest BCUT2D eigenvalue weighted by Crippen LogP contribution is 2.22. The van der Waals surface area contributed by atoms with Crippen LogP contribution in [0.2, 0.25) is 0 Å². The molecule has 0 aliphatic rings. The first-order valence-corrected chi connectivity index (χ1v) is 18.5. The molecule has 55 heavy (non-hydrogen) atoms. The van der Waals surface area contributed by atoms with Crippen LogP contribution < -0.4 is 16.0 Å². The standard InChI is InChI=1S/C41H49N9O5/c1-6-7-8-9-12-23-54-41(53)48-39(42)30-14-17-32(18-15-30)44-25-37-47-33-24-31(16-19-35(33)49(37)5)40(52)50(36-13-10-11-21-43-36)22-20-38(51)55-26-34-29(4)45-27(2)28(3)46-34/h10-11,13-19,21,24,44H,6-9,12,20,22-23,25-26H2,1-5H3,(H2,42,48,53). The number of amidine groups is 1. The third-order valence-electron chi connectivity index (χ3n) is 9.20. The number of carbonyl (C=O) groups excluding carboxylic acids is 3. The summed E-state index contributed by atoms with van der Waals surface area (Å²) in [6, 6.07) is 17.8. The maximum atomic E-state index is 13.9. The van der Waals surface area contributed by atoms with Crippen molar-refractivity contribution in [2.75, 3.05) is 23.4 Å². The highest BCUT2D eigenvalue weighted by molar-refractivity contribution is 6.07. The Morgan fingerprint density at radius 2 is 1.62 bits per heavy atom. The highest BCUT2D eigenvalue weighted by Gasteiger charge is 2.22. The van der Waals surface area contributed by atoms with Gasteiger partial charge >= 0.3 is 12.1 Å². The van der Waals surface area contributed by atoms with Crippen molar-refractivity contribution in [3.8, 4) is 0 Å². The van der Waals surface area contributed by atoms with Crippen molar-refractivity contribution in [3.63, 3.8) is 0 Å². The van der Waals surface area contributed by atoms with E-state index in [9.17, 15) is 14.4 Å². The topological polar surface area (TPSA) is 180 Å². The molecule has 3 N–H and O–H groups in total. The van der Waals surface area contributed by atoms with Crippen LogP contribution in [-0.4, -0.2) is 61.5 Å². The normalized spacial score (nSPS) is 11.4. The molecule has 3 aromatic heterocycles. The monoisotopic (exact) mass is 747 g/mol. The number of aromatic nitrogens is 5. The summed E-state index contributed by atoms with van der Waals surface area (Å²) in [7, 11) is 1.91. The average Bonchev–Trinajstić information content (AvgIpc) is 3.50. The largest absolute Gasteiger partial charge is 0.459 e. The van der Waals surface area contributed by atoms with Gasteiger partial charge < -0.3 is 25.1 Å². The first kappa shape index (κ1) is 40.0. The van der Waals surface area contributed by atoms with Crippen LogP contribution in [0.3, 0.4) is 0 Å². The van der Waals surface area contributed by atoms with Gasteiger partial charge in [0.15, 0.2) is 0 Å². The van der Waals surface area contributed by atoms with Crippen LogP contribution in [0, 0.1) is 20.8 Å². The zero-order chi connectivity index (χ0) is 39.3. The lowest BCUT2D eigenvalue weighted by atomic mass is 10.1.